The number of rotatable bonds is 7. The number of hydrogen-bond donors (Lipinski definition) is 0. The van der Waals surface area contributed by atoms with Gasteiger partial charge in [0.25, 0.3) is 0 Å². The first-order valence-corrected chi connectivity index (χ1v) is 10.8. The summed E-state index contributed by atoms with van der Waals surface area (Å²) in [4.78, 5) is 26.5. The average Bonchev–Trinajstić information content (AvgIpc) is 2.77. The van der Waals surface area contributed by atoms with Crippen LogP contribution in [0.4, 0.5) is 4.79 Å². The summed E-state index contributed by atoms with van der Waals surface area (Å²) in [7, 11) is 1.32. The number of methoxy groups -OCH3 is 1. The highest BCUT2D eigenvalue weighted by Crippen LogP contribution is 2.33. The number of hydrogen-bond acceptors (Lipinski definition) is 5. The summed E-state index contributed by atoms with van der Waals surface area (Å²) in [6.45, 7) is 5.12. The SMILES string of the molecule is COC(=O)C1c2ccc(OCCc3ccc(Cl)cc3)cc2CCN1C(=O)OCC(C)C. The number of ether oxygens (including phenoxy) is 3. The topological polar surface area (TPSA) is 65.1 Å². The molecule has 2 aromatic rings. The molecular formula is C24H28ClNO5. The van der Waals surface area contributed by atoms with Crippen molar-refractivity contribution in [3.63, 3.8) is 0 Å². The van der Waals surface area contributed by atoms with Crippen molar-refractivity contribution in [2.45, 2.75) is 32.7 Å². The van der Waals surface area contributed by atoms with Crippen LogP contribution < -0.4 is 4.74 Å². The zero-order valence-corrected chi connectivity index (χ0v) is 18.9. The fourth-order valence-electron chi connectivity index (χ4n) is 3.51. The van der Waals surface area contributed by atoms with E-state index in [0.29, 0.717) is 31.2 Å². The summed E-state index contributed by atoms with van der Waals surface area (Å²) in [5, 5.41) is 0.710. The zero-order valence-electron chi connectivity index (χ0n) is 18.1. The monoisotopic (exact) mass is 445 g/mol. The largest absolute Gasteiger partial charge is 0.493 e. The molecule has 1 aliphatic rings. The van der Waals surface area contributed by atoms with Gasteiger partial charge in [-0.05, 0) is 53.3 Å². The van der Waals surface area contributed by atoms with Crippen molar-refractivity contribution in [2.24, 2.45) is 5.92 Å². The lowest BCUT2D eigenvalue weighted by atomic mass is 9.92. The highest BCUT2D eigenvalue weighted by Gasteiger charge is 2.37. The van der Waals surface area contributed by atoms with Crippen molar-refractivity contribution in [1.82, 2.24) is 4.90 Å². The number of amides is 1. The number of nitrogens with zero attached hydrogens (tertiary/aromatic N) is 1. The van der Waals surface area contributed by atoms with E-state index >= 15 is 0 Å². The Hall–Kier alpha value is -2.73. The minimum Gasteiger partial charge on any atom is -0.493 e. The molecule has 1 amide bonds. The van der Waals surface area contributed by atoms with Gasteiger partial charge in [-0.3, -0.25) is 4.90 Å². The van der Waals surface area contributed by atoms with Crippen molar-refractivity contribution in [1.29, 1.82) is 0 Å². The van der Waals surface area contributed by atoms with E-state index in [4.69, 9.17) is 25.8 Å². The Morgan fingerprint density at radius 3 is 2.58 bits per heavy atom. The Morgan fingerprint density at radius 1 is 1.16 bits per heavy atom. The van der Waals surface area contributed by atoms with E-state index < -0.39 is 18.1 Å². The first-order chi connectivity index (χ1) is 14.9. The van der Waals surface area contributed by atoms with E-state index in [0.717, 1.165) is 28.9 Å². The minimum absolute atomic E-state index is 0.213. The van der Waals surface area contributed by atoms with Crippen LogP contribution in [0.15, 0.2) is 42.5 Å². The lowest BCUT2D eigenvalue weighted by Gasteiger charge is -2.35. The second kappa shape index (κ2) is 10.5. The van der Waals surface area contributed by atoms with Crippen LogP contribution in [0.5, 0.6) is 5.75 Å². The van der Waals surface area contributed by atoms with Gasteiger partial charge in [-0.15, -0.1) is 0 Å². The van der Waals surface area contributed by atoms with Crippen LogP contribution in [0, 0.1) is 5.92 Å². The second-order valence-corrected chi connectivity index (χ2v) is 8.36. The van der Waals surface area contributed by atoms with E-state index in [1.165, 1.54) is 12.0 Å². The van der Waals surface area contributed by atoms with E-state index in [9.17, 15) is 9.59 Å². The maximum absolute atomic E-state index is 12.6. The number of esters is 1. The third-order valence-corrected chi connectivity index (χ3v) is 5.37. The van der Waals surface area contributed by atoms with Crippen LogP contribution in [0.25, 0.3) is 0 Å². The van der Waals surface area contributed by atoms with Gasteiger partial charge in [0.1, 0.15) is 5.75 Å². The summed E-state index contributed by atoms with van der Waals surface area (Å²) in [6, 6.07) is 12.4. The molecule has 166 valence electrons. The van der Waals surface area contributed by atoms with Crippen LogP contribution in [-0.2, 0) is 27.1 Å². The predicted molar refractivity (Wildman–Crippen MR) is 118 cm³/mol. The summed E-state index contributed by atoms with van der Waals surface area (Å²) in [6.07, 6.45) is 0.862. The third kappa shape index (κ3) is 5.91. The van der Waals surface area contributed by atoms with Crippen molar-refractivity contribution in [3.05, 3.63) is 64.2 Å². The predicted octanol–water partition coefficient (Wildman–Crippen LogP) is 4.83. The molecule has 0 fully saturated rings. The van der Waals surface area contributed by atoms with Crippen molar-refractivity contribution >= 4 is 23.7 Å². The maximum atomic E-state index is 12.6. The van der Waals surface area contributed by atoms with E-state index in [2.05, 4.69) is 0 Å². The average molecular weight is 446 g/mol. The zero-order chi connectivity index (χ0) is 22.4. The van der Waals surface area contributed by atoms with E-state index in [1.807, 2.05) is 56.3 Å². The molecule has 1 aliphatic heterocycles. The standard InChI is InChI=1S/C24H28ClNO5/c1-16(2)15-31-24(28)26-12-10-18-14-20(8-9-21(18)22(26)23(27)29-3)30-13-11-17-4-6-19(25)7-5-17/h4-9,14,16,22H,10-13,15H2,1-3H3. The smallest absolute Gasteiger partial charge is 0.410 e. The summed E-state index contributed by atoms with van der Waals surface area (Å²) in [5.41, 5.74) is 2.85. The third-order valence-electron chi connectivity index (χ3n) is 5.11. The van der Waals surface area contributed by atoms with Gasteiger partial charge in [0.05, 0.1) is 20.3 Å². The van der Waals surface area contributed by atoms with Gasteiger partial charge in [0.2, 0.25) is 0 Å². The molecule has 0 N–H and O–H groups in total. The Morgan fingerprint density at radius 2 is 1.90 bits per heavy atom. The lowest BCUT2D eigenvalue weighted by Crippen LogP contribution is -2.44. The van der Waals surface area contributed by atoms with Gasteiger partial charge >= 0.3 is 12.1 Å². The van der Waals surface area contributed by atoms with Crippen LogP contribution in [0.3, 0.4) is 0 Å². The number of benzene rings is 2. The number of carbonyl (C=O) groups excluding carboxylic acids is 2. The maximum Gasteiger partial charge on any atom is 0.410 e. The number of halogens is 1. The molecule has 0 saturated heterocycles. The molecule has 3 rings (SSSR count). The first-order valence-electron chi connectivity index (χ1n) is 10.4. The molecule has 1 heterocycles. The summed E-state index contributed by atoms with van der Waals surface area (Å²) >= 11 is 5.92. The quantitative estimate of drug-likeness (QED) is 0.571. The van der Waals surface area contributed by atoms with Crippen LogP contribution in [-0.4, -0.2) is 43.8 Å². The normalized spacial score (nSPS) is 15.4. The van der Waals surface area contributed by atoms with Gasteiger partial charge in [-0.25, -0.2) is 9.59 Å². The fourth-order valence-corrected chi connectivity index (χ4v) is 3.64. The van der Waals surface area contributed by atoms with Gasteiger partial charge < -0.3 is 14.2 Å². The Labute approximate surface area is 188 Å². The van der Waals surface area contributed by atoms with Gasteiger partial charge in [-0.1, -0.05) is 43.6 Å². The number of carbonyl (C=O) groups is 2. The minimum atomic E-state index is -0.823. The second-order valence-electron chi connectivity index (χ2n) is 7.93. The molecule has 0 saturated carbocycles. The van der Waals surface area contributed by atoms with Crippen LogP contribution in [0.2, 0.25) is 5.02 Å². The fraction of sp³-hybridized carbons (Fsp3) is 0.417. The van der Waals surface area contributed by atoms with Crippen molar-refractivity contribution < 1.29 is 23.8 Å². The van der Waals surface area contributed by atoms with Gasteiger partial charge in [-0.2, -0.15) is 0 Å². The van der Waals surface area contributed by atoms with E-state index in [1.54, 1.807) is 0 Å². The first kappa shape index (κ1) is 22.9. The van der Waals surface area contributed by atoms with E-state index in [-0.39, 0.29) is 5.92 Å². The molecule has 0 bridgehead atoms. The Balaban J connectivity index is 1.70. The van der Waals surface area contributed by atoms with Crippen molar-refractivity contribution in [2.75, 3.05) is 26.9 Å². The molecule has 2 aromatic carbocycles. The molecule has 31 heavy (non-hydrogen) atoms. The molecule has 1 atom stereocenters. The van der Waals surface area contributed by atoms with Crippen LogP contribution in [0.1, 0.15) is 36.6 Å². The molecule has 0 radical (unpaired) electrons. The van der Waals surface area contributed by atoms with Gasteiger partial charge in [0, 0.05) is 18.0 Å². The highest BCUT2D eigenvalue weighted by atomic mass is 35.5. The summed E-state index contributed by atoms with van der Waals surface area (Å²) < 4.78 is 16.2. The van der Waals surface area contributed by atoms with Gasteiger partial charge in [0.15, 0.2) is 6.04 Å². The highest BCUT2D eigenvalue weighted by molar-refractivity contribution is 6.30. The molecular weight excluding hydrogens is 418 g/mol. The molecule has 0 spiro atoms. The van der Waals surface area contributed by atoms with Crippen molar-refractivity contribution in [3.8, 4) is 5.75 Å². The molecule has 0 aromatic heterocycles. The molecule has 6 nitrogen and oxygen atoms in total. The number of fused-ring (bicyclic) bond motifs is 1. The molecule has 7 heteroatoms. The Kier molecular flexibility index (Phi) is 7.80. The Bertz CT molecular complexity index is 913. The lowest BCUT2D eigenvalue weighted by molar-refractivity contribution is -0.147. The van der Waals surface area contributed by atoms with Crippen LogP contribution >= 0.6 is 11.6 Å². The molecule has 1 unspecified atom stereocenters. The summed E-state index contributed by atoms with van der Waals surface area (Å²) in [5.74, 6) is 0.455. The molecule has 0 aliphatic carbocycles.